The smallest absolute Gasteiger partial charge is 0.167 e. The number of nitrogens with zero attached hydrogens (tertiary/aromatic N) is 2. The summed E-state index contributed by atoms with van der Waals surface area (Å²) in [5.41, 5.74) is 1.40. The summed E-state index contributed by atoms with van der Waals surface area (Å²) in [5, 5.41) is 0. The first-order valence-electron chi connectivity index (χ1n) is 4.94. The lowest BCUT2D eigenvalue weighted by Gasteiger charge is -2.06. The van der Waals surface area contributed by atoms with Gasteiger partial charge in [-0.05, 0) is 12.8 Å². The first-order valence-corrected chi connectivity index (χ1v) is 4.94. The summed E-state index contributed by atoms with van der Waals surface area (Å²) in [5.74, 6) is 0. The second-order valence-corrected chi connectivity index (χ2v) is 3.86. The van der Waals surface area contributed by atoms with Gasteiger partial charge in [-0.3, -0.25) is 0 Å². The molecule has 0 aliphatic heterocycles. The minimum atomic E-state index is 1.17. The predicted molar refractivity (Wildman–Crippen MR) is 59.5 cm³/mol. The van der Waals surface area contributed by atoms with E-state index in [-0.39, 0.29) is 0 Å². The quantitative estimate of drug-likeness (QED) is 0.466. The lowest BCUT2D eigenvalue weighted by molar-refractivity contribution is -0.459. The molecule has 0 saturated heterocycles. The van der Waals surface area contributed by atoms with Gasteiger partial charge < -0.3 is 4.90 Å². The molecule has 0 fully saturated rings. The van der Waals surface area contributed by atoms with Gasteiger partial charge in [-0.2, -0.15) is 0 Å². The van der Waals surface area contributed by atoms with Gasteiger partial charge in [0.05, 0.1) is 0 Å². The molecule has 0 aromatic rings. The Labute approximate surface area is 82.6 Å². The maximum absolute atomic E-state index is 2.23. The highest BCUT2D eigenvalue weighted by Crippen LogP contribution is 2.05. The zero-order valence-corrected chi connectivity index (χ0v) is 9.67. The van der Waals surface area contributed by atoms with E-state index in [0.29, 0.717) is 0 Å². The molecule has 0 aliphatic carbocycles. The minimum Gasteiger partial charge on any atom is -0.383 e. The summed E-state index contributed by atoms with van der Waals surface area (Å²) in [6.07, 6.45) is 8.08. The van der Waals surface area contributed by atoms with Crippen molar-refractivity contribution in [2.24, 2.45) is 0 Å². The first-order chi connectivity index (χ1) is 6.06. The van der Waals surface area contributed by atoms with Crippen molar-refractivity contribution in [1.82, 2.24) is 4.90 Å². The number of hydrogen-bond acceptors (Lipinski definition) is 1. The number of hydrogen-bond donors (Lipinski definition) is 0. The van der Waals surface area contributed by atoms with E-state index < -0.39 is 0 Å². The van der Waals surface area contributed by atoms with Crippen LogP contribution in [0.25, 0.3) is 0 Å². The standard InChI is InChI=1S/C11H23N2/c1-6-7-8-11(9-12(2)3)10-13(4)5/h9-10H,6-8H2,1-5H3/q+1. The molecule has 0 amide bonds. The fraction of sp³-hybridized carbons (Fsp3) is 0.727. The Morgan fingerprint density at radius 2 is 1.92 bits per heavy atom. The Morgan fingerprint density at radius 1 is 1.31 bits per heavy atom. The van der Waals surface area contributed by atoms with Crippen molar-refractivity contribution in [2.45, 2.75) is 26.2 Å². The highest BCUT2D eigenvalue weighted by Gasteiger charge is 1.98. The Morgan fingerprint density at radius 3 is 2.31 bits per heavy atom. The molecule has 0 aliphatic rings. The molecule has 0 aromatic carbocycles. The molecule has 0 rings (SSSR count). The summed E-state index contributed by atoms with van der Waals surface area (Å²) in [6.45, 7) is 2.23. The Balaban J connectivity index is 4.28. The van der Waals surface area contributed by atoms with Crippen molar-refractivity contribution >= 4 is 6.21 Å². The molecule has 13 heavy (non-hydrogen) atoms. The van der Waals surface area contributed by atoms with Crippen LogP contribution in [0.5, 0.6) is 0 Å². The molecule has 0 aromatic heterocycles. The molecule has 0 spiro atoms. The SMILES string of the molecule is CCCC/C(C=[N+](C)C)=C\N(C)C. The van der Waals surface area contributed by atoms with Crippen LogP contribution in [0.2, 0.25) is 0 Å². The summed E-state index contributed by atoms with van der Waals surface area (Å²) in [6, 6.07) is 0. The van der Waals surface area contributed by atoms with Crippen molar-refractivity contribution in [3.8, 4) is 0 Å². The van der Waals surface area contributed by atoms with Gasteiger partial charge in [0.15, 0.2) is 6.21 Å². The van der Waals surface area contributed by atoms with Crippen LogP contribution < -0.4 is 0 Å². The minimum absolute atomic E-state index is 1.17. The van der Waals surface area contributed by atoms with Gasteiger partial charge in [-0.25, -0.2) is 4.58 Å². The molecule has 76 valence electrons. The van der Waals surface area contributed by atoms with Gasteiger partial charge >= 0.3 is 0 Å². The monoisotopic (exact) mass is 183 g/mol. The predicted octanol–water partition coefficient (Wildman–Crippen LogP) is 1.97. The Bertz CT molecular complexity index is 186. The lowest BCUT2D eigenvalue weighted by atomic mass is 10.1. The summed E-state index contributed by atoms with van der Waals surface area (Å²) in [4.78, 5) is 2.10. The van der Waals surface area contributed by atoms with Crippen molar-refractivity contribution < 1.29 is 4.58 Å². The normalized spacial score (nSPS) is 11.3. The Hall–Kier alpha value is -0.790. The van der Waals surface area contributed by atoms with Gasteiger partial charge in [0.25, 0.3) is 0 Å². The van der Waals surface area contributed by atoms with E-state index in [1.165, 1.54) is 24.8 Å². The molecule has 0 bridgehead atoms. The molecule has 0 saturated carbocycles. The molecule has 0 N–H and O–H groups in total. The van der Waals surface area contributed by atoms with E-state index in [9.17, 15) is 0 Å². The molecule has 0 heterocycles. The van der Waals surface area contributed by atoms with Crippen molar-refractivity contribution in [3.63, 3.8) is 0 Å². The number of unbranched alkanes of at least 4 members (excludes halogenated alkanes) is 1. The van der Waals surface area contributed by atoms with E-state index in [1.807, 2.05) is 0 Å². The molecular formula is C11H23N2+. The second kappa shape index (κ2) is 6.70. The molecule has 2 nitrogen and oxygen atoms in total. The van der Waals surface area contributed by atoms with E-state index in [0.717, 1.165) is 0 Å². The second-order valence-electron chi connectivity index (χ2n) is 3.86. The van der Waals surface area contributed by atoms with Crippen LogP contribution in [0.15, 0.2) is 11.8 Å². The average Bonchev–Trinajstić information content (AvgIpc) is 1.98. The molecule has 0 radical (unpaired) electrons. The maximum atomic E-state index is 2.23. The van der Waals surface area contributed by atoms with E-state index in [2.05, 4.69) is 57.0 Å². The zero-order valence-electron chi connectivity index (χ0n) is 9.67. The van der Waals surface area contributed by atoms with Gasteiger partial charge in [0.2, 0.25) is 0 Å². The zero-order chi connectivity index (χ0) is 10.3. The summed E-state index contributed by atoms with van der Waals surface area (Å²) in [7, 11) is 8.26. The van der Waals surface area contributed by atoms with Crippen LogP contribution in [0, 0.1) is 0 Å². The molecule has 0 unspecified atom stereocenters. The summed E-state index contributed by atoms with van der Waals surface area (Å²) >= 11 is 0. The number of rotatable bonds is 5. The van der Waals surface area contributed by atoms with Crippen LogP contribution in [0.3, 0.4) is 0 Å². The van der Waals surface area contributed by atoms with E-state index >= 15 is 0 Å². The highest BCUT2D eigenvalue weighted by atomic mass is 15.0. The fourth-order valence-electron chi connectivity index (χ4n) is 1.21. The van der Waals surface area contributed by atoms with Gasteiger partial charge in [-0.1, -0.05) is 13.3 Å². The highest BCUT2D eigenvalue weighted by molar-refractivity contribution is 5.73. The van der Waals surface area contributed by atoms with Crippen LogP contribution in [0.4, 0.5) is 0 Å². The molecular weight excluding hydrogens is 160 g/mol. The topological polar surface area (TPSA) is 6.25 Å². The van der Waals surface area contributed by atoms with Crippen molar-refractivity contribution in [3.05, 3.63) is 11.8 Å². The van der Waals surface area contributed by atoms with Gasteiger partial charge in [0.1, 0.15) is 14.1 Å². The largest absolute Gasteiger partial charge is 0.383 e. The maximum Gasteiger partial charge on any atom is 0.167 e. The first kappa shape index (κ1) is 12.2. The Kier molecular flexibility index (Phi) is 6.29. The third-order valence-corrected chi connectivity index (χ3v) is 1.67. The molecule has 0 atom stereocenters. The van der Waals surface area contributed by atoms with E-state index in [1.54, 1.807) is 0 Å². The third kappa shape index (κ3) is 7.57. The van der Waals surface area contributed by atoms with E-state index in [4.69, 9.17) is 0 Å². The average molecular weight is 183 g/mol. The number of allylic oxidation sites excluding steroid dienone is 1. The van der Waals surface area contributed by atoms with Crippen LogP contribution >= 0.6 is 0 Å². The van der Waals surface area contributed by atoms with Crippen molar-refractivity contribution in [2.75, 3.05) is 28.2 Å². The third-order valence-electron chi connectivity index (χ3n) is 1.67. The van der Waals surface area contributed by atoms with Crippen LogP contribution in [-0.4, -0.2) is 43.9 Å². The van der Waals surface area contributed by atoms with Gasteiger partial charge in [0, 0.05) is 25.9 Å². The lowest BCUT2D eigenvalue weighted by Crippen LogP contribution is -2.07. The van der Waals surface area contributed by atoms with Crippen LogP contribution in [-0.2, 0) is 0 Å². The van der Waals surface area contributed by atoms with Crippen LogP contribution in [0.1, 0.15) is 26.2 Å². The summed E-state index contributed by atoms with van der Waals surface area (Å²) < 4.78 is 2.10. The molecule has 2 heteroatoms. The van der Waals surface area contributed by atoms with Crippen molar-refractivity contribution in [1.29, 1.82) is 0 Å². The fourth-order valence-corrected chi connectivity index (χ4v) is 1.21. The van der Waals surface area contributed by atoms with Gasteiger partial charge in [-0.15, -0.1) is 0 Å².